The van der Waals surface area contributed by atoms with E-state index in [4.69, 9.17) is 5.73 Å². The summed E-state index contributed by atoms with van der Waals surface area (Å²) in [5.74, 6) is -0.520. The molecule has 14 heavy (non-hydrogen) atoms. The fraction of sp³-hybridized carbons (Fsp3) is 0.875. The SMILES string of the molecule is CNC(=O)CCS(=O)(=O)CC(C)(C)N. The lowest BCUT2D eigenvalue weighted by Gasteiger charge is -2.17. The Morgan fingerprint density at radius 1 is 1.43 bits per heavy atom. The van der Waals surface area contributed by atoms with Crippen molar-refractivity contribution in [2.24, 2.45) is 5.73 Å². The van der Waals surface area contributed by atoms with E-state index < -0.39 is 15.4 Å². The highest BCUT2D eigenvalue weighted by Crippen LogP contribution is 2.04. The third-order valence-electron chi connectivity index (χ3n) is 1.51. The summed E-state index contributed by atoms with van der Waals surface area (Å²) in [7, 11) is -1.76. The van der Waals surface area contributed by atoms with Crippen LogP contribution in [0.3, 0.4) is 0 Å². The van der Waals surface area contributed by atoms with Gasteiger partial charge in [-0.25, -0.2) is 8.42 Å². The van der Waals surface area contributed by atoms with Gasteiger partial charge in [-0.15, -0.1) is 0 Å². The lowest BCUT2D eigenvalue weighted by Crippen LogP contribution is -2.41. The molecule has 0 heterocycles. The van der Waals surface area contributed by atoms with Crippen molar-refractivity contribution in [1.82, 2.24) is 5.32 Å². The molecule has 0 aromatic rings. The van der Waals surface area contributed by atoms with Gasteiger partial charge in [0.2, 0.25) is 5.91 Å². The van der Waals surface area contributed by atoms with Crippen LogP contribution in [0.5, 0.6) is 0 Å². The van der Waals surface area contributed by atoms with Crippen LogP contribution in [0.2, 0.25) is 0 Å². The summed E-state index contributed by atoms with van der Waals surface area (Å²) in [5, 5.41) is 2.37. The summed E-state index contributed by atoms with van der Waals surface area (Å²) in [4.78, 5) is 10.8. The maximum Gasteiger partial charge on any atom is 0.220 e. The molecule has 0 bridgehead atoms. The third-order valence-corrected chi connectivity index (χ3v) is 3.52. The van der Waals surface area contributed by atoms with Crippen LogP contribution in [0.1, 0.15) is 20.3 Å². The summed E-state index contributed by atoms with van der Waals surface area (Å²) in [6.07, 6.45) is -0.00505. The van der Waals surface area contributed by atoms with Crippen molar-refractivity contribution in [3.8, 4) is 0 Å². The number of nitrogens with two attached hydrogens (primary N) is 1. The Bertz CT molecular complexity index is 290. The highest BCUT2D eigenvalue weighted by atomic mass is 32.2. The van der Waals surface area contributed by atoms with Gasteiger partial charge in [0, 0.05) is 19.0 Å². The van der Waals surface area contributed by atoms with Crippen molar-refractivity contribution in [2.75, 3.05) is 18.6 Å². The Kier molecular flexibility index (Phi) is 4.54. The second kappa shape index (κ2) is 4.75. The smallest absolute Gasteiger partial charge is 0.220 e. The van der Waals surface area contributed by atoms with E-state index >= 15 is 0 Å². The minimum Gasteiger partial charge on any atom is -0.359 e. The molecule has 0 aliphatic rings. The molecule has 1 amide bonds. The van der Waals surface area contributed by atoms with Gasteiger partial charge in [0.25, 0.3) is 0 Å². The summed E-state index contributed by atoms with van der Waals surface area (Å²) in [5.41, 5.74) is 4.83. The van der Waals surface area contributed by atoms with Crippen LogP contribution in [-0.2, 0) is 14.6 Å². The topological polar surface area (TPSA) is 89.3 Å². The number of carbonyl (C=O) groups excluding carboxylic acids is 1. The van der Waals surface area contributed by atoms with E-state index in [0.717, 1.165) is 0 Å². The van der Waals surface area contributed by atoms with Crippen LogP contribution < -0.4 is 11.1 Å². The fourth-order valence-corrected chi connectivity index (χ4v) is 2.79. The Labute approximate surface area is 85.0 Å². The molecule has 3 N–H and O–H groups in total. The average Bonchev–Trinajstić information content (AvgIpc) is 1.96. The zero-order valence-electron chi connectivity index (χ0n) is 8.83. The van der Waals surface area contributed by atoms with Gasteiger partial charge in [-0.3, -0.25) is 4.79 Å². The predicted molar refractivity (Wildman–Crippen MR) is 55.6 cm³/mol. The molecule has 0 unspecified atom stereocenters. The first-order chi connectivity index (χ1) is 6.16. The van der Waals surface area contributed by atoms with Crippen LogP contribution in [0.25, 0.3) is 0 Å². The zero-order valence-corrected chi connectivity index (χ0v) is 9.65. The number of nitrogens with one attached hydrogen (secondary N) is 1. The summed E-state index contributed by atoms with van der Waals surface area (Å²) < 4.78 is 22.8. The molecule has 0 radical (unpaired) electrons. The van der Waals surface area contributed by atoms with Crippen molar-refractivity contribution >= 4 is 15.7 Å². The first-order valence-electron chi connectivity index (χ1n) is 4.36. The van der Waals surface area contributed by atoms with E-state index in [1.54, 1.807) is 13.8 Å². The van der Waals surface area contributed by atoms with Crippen LogP contribution in [0.4, 0.5) is 0 Å². The molecule has 0 saturated heterocycles. The number of carbonyl (C=O) groups is 1. The molecule has 0 spiro atoms. The molecular formula is C8H18N2O3S. The van der Waals surface area contributed by atoms with Crippen molar-refractivity contribution < 1.29 is 13.2 Å². The highest BCUT2D eigenvalue weighted by Gasteiger charge is 2.22. The van der Waals surface area contributed by atoms with Gasteiger partial charge >= 0.3 is 0 Å². The zero-order chi connectivity index (χ0) is 11.4. The third kappa shape index (κ3) is 6.85. The second-order valence-corrected chi connectivity index (χ2v) is 6.19. The average molecular weight is 222 g/mol. The van der Waals surface area contributed by atoms with Gasteiger partial charge in [0.05, 0.1) is 11.5 Å². The lowest BCUT2D eigenvalue weighted by atomic mass is 10.1. The predicted octanol–water partition coefficient (Wildman–Crippen LogP) is -0.725. The maximum atomic E-state index is 11.4. The van der Waals surface area contributed by atoms with Gasteiger partial charge in [-0.2, -0.15) is 0 Å². The monoisotopic (exact) mass is 222 g/mol. The van der Waals surface area contributed by atoms with E-state index in [2.05, 4.69) is 5.32 Å². The molecule has 0 aromatic heterocycles. The summed E-state index contributed by atoms with van der Waals surface area (Å²) in [6.45, 7) is 3.29. The molecule has 6 heteroatoms. The lowest BCUT2D eigenvalue weighted by molar-refractivity contribution is -0.120. The first-order valence-corrected chi connectivity index (χ1v) is 6.18. The van der Waals surface area contributed by atoms with Crippen molar-refractivity contribution in [3.63, 3.8) is 0 Å². The molecule has 84 valence electrons. The van der Waals surface area contributed by atoms with Crippen LogP contribution in [0, 0.1) is 0 Å². The van der Waals surface area contributed by atoms with Crippen LogP contribution in [-0.4, -0.2) is 38.4 Å². The van der Waals surface area contributed by atoms with Gasteiger partial charge in [-0.05, 0) is 13.8 Å². The Hall–Kier alpha value is -0.620. The molecule has 0 rings (SSSR count). The minimum atomic E-state index is -3.23. The largest absolute Gasteiger partial charge is 0.359 e. The van der Waals surface area contributed by atoms with E-state index in [1.165, 1.54) is 7.05 Å². The standard InChI is InChI=1S/C8H18N2O3S/c1-8(2,9)6-14(12,13)5-4-7(11)10-3/h4-6,9H2,1-3H3,(H,10,11). The first kappa shape index (κ1) is 13.4. The molecule has 0 aliphatic carbocycles. The second-order valence-electron chi connectivity index (χ2n) is 4.00. The van der Waals surface area contributed by atoms with Gasteiger partial charge in [0.1, 0.15) is 0 Å². The van der Waals surface area contributed by atoms with E-state index in [1.807, 2.05) is 0 Å². The molecular weight excluding hydrogens is 204 g/mol. The van der Waals surface area contributed by atoms with Crippen LogP contribution >= 0.6 is 0 Å². The molecule has 0 aliphatic heterocycles. The van der Waals surface area contributed by atoms with Crippen LogP contribution in [0.15, 0.2) is 0 Å². The number of hydrogen-bond donors (Lipinski definition) is 2. The van der Waals surface area contributed by atoms with Gasteiger partial charge in [0.15, 0.2) is 9.84 Å². The van der Waals surface area contributed by atoms with E-state index in [0.29, 0.717) is 0 Å². The maximum absolute atomic E-state index is 11.4. The quantitative estimate of drug-likeness (QED) is 0.642. The number of amides is 1. The molecule has 0 atom stereocenters. The highest BCUT2D eigenvalue weighted by molar-refractivity contribution is 7.91. The van der Waals surface area contributed by atoms with Gasteiger partial charge < -0.3 is 11.1 Å². The van der Waals surface area contributed by atoms with Crippen molar-refractivity contribution in [2.45, 2.75) is 25.8 Å². The molecule has 0 fully saturated rings. The summed E-state index contributed by atoms with van der Waals surface area (Å²) in [6, 6.07) is 0. The summed E-state index contributed by atoms with van der Waals surface area (Å²) >= 11 is 0. The number of hydrogen-bond acceptors (Lipinski definition) is 4. The Balaban J connectivity index is 4.17. The molecule has 0 saturated carbocycles. The van der Waals surface area contributed by atoms with E-state index in [9.17, 15) is 13.2 Å². The minimum absolute atomic E-state index is 0.00505. The molecule has 5 nitrogen and oxygen atoms in total. The number of rotatable bonds is 5. The van der Waals surface area contributed by atoms with E-state index in [-0.39, 0.29) is 23.8 Å². The Morgan fingerprint density at radius 3 is 2.29 bits per heavy atom. The fourth-order valence-electron chi connectivity index (χ4n) is 1.01. The normalized spacial score (nSPS) is 12.6. The molecule has 0 aromatic carbocycles. The van der Waals surface area contributed by atoms with Gasteiger partial charge in [-0.1, -0.05) is 0 Å². The van der Waals surface area contributed by atoms with Crippen molar-refractivity contribution in [3.05, 3.63) is 0 Å². The Morgan fingerprint density at radius 2 is 1.93 bits per heavy atom. The number of sulfone groups is 1. The van der Waals surface area contributed by atoms with Crippen molar-refractivity contribution in [1.29, 1.82) is 0 Å².